The molecule has 98 valence electrons. The Hall–Kier alpha value is -1.65. The Morgan fingerprint density at radius 1 is 1.21 bits per heavy atom. The zero-order chi connectivity index (χ0) is 13.8. The molecule has 0 unspecified atom stereocenters. The van der Waals surface area contributed by atoms with Gasteiger partial charge in [-0.05, 0) is 35.9 Å². The first-order valence-electron chi connectivity index (χ1n) is 5.56. The lowest BCUT2D eigenvalue weighted by Crippen LogP contribution is -1.95. The van der Waals surface area contributed by atoms with Crippen LogP contribution in [0.15, 0.2) is 47.4 Å². The number of anilines is 1. The van der Waals surface area contributed by atoms with Crippen molar-refractivity contribution in [2.45, 2.75) is 10.6 Å². The molecule has 0 aromatic heterocycles. The number of carboxylic acid groups (broad SMARTS) is 1. The minimum absolute atomic E-state index is 0.291. The van der Waals surface area contributed by atoms with E-state index in [0.29, 0.717) is 16.3 Å². The van der Waals surface area contributed by atoms with Crippen molar-refractivity contribution in [3.8, 4) is 0 Å². The number of carbonyl (C=O) groups is 1. The summed E-state index contributed by atoms with van der Waals surface area (Å²) < 4.78 is 0. The molecule has 2 aromatic rings. The van der Waals surface area contributed by atoms with Crippen molar-refractivity contribution in [2.24, 2.45) is 0 Å². The standard InChI is InChI=1S/C14H12ClNO2S/c15-11-5-6-13(12(16)7-11)19-8-9-1-3-10(4-2-9)14(17)18/h1-7H,8,16H2,(H,17,18). The van der Waals surface area contributed by atoms with Gasteiger partial charge >= 0.3 is 5.97 Å². The van der Waals surface area contributed by atoms with Crippen molar-refractivity contribution in [1.82, 2.24) is 0 Å². The van der Waals surface area contributed by atoms with Gasteiger partial charge in [0.2, 0.25) is 0 Å². The lowest BCUT2D eigenvalue weighted by Gasteiger charge is -2.06. The van der Waals surface area contributed by atoms with Crippen LogP contribution in [0.25, 0.3) is 0 Å². The van der Waals surface area contributed by atoms with Gasteiger partial charge < -0.3 is 10.8 Å². The smallest absolute Gasteiger partial charge is 0.335 e. The van der Waals surface area contributed by atoms with Gasteiger partial charge in [-0.1, -0.05) is 23.7 Å². The molecule has 0 atom stereocenters. The van der Waals surface area contributed by atoms with Crippen LogP contribution in [0.1, 0.15) is 15.9 Å². The van der Waals surface area contributed by atoms with Gasteiger partial charge in [-0.25, -0.2) is 4.79 Å². The topological polar surface area (TPSA) is 63.3 Å². The highest BCUT2D eigenvalue weighted by Gasteiger charge is 2.04. The summed E-state index contributed by atoms with van der Waals surface area (Å²) in [6.45, 7) is 0. The molecular weight excluding hydrogens is 282 g/mol. The predicted molar refractivity (Wildman–Crippen MR) is 78.8 cm³/mol. The van der Waals surface area contributed by atoms with Gasteiger partial charge in [-0.15, -0.1) is 11.8 Å². The molecule has 0 aliphatic carbocycles. The van der Waals surface area contributed by atoms with Gasteiger partial charge in [0, 0.05) is 21.4 Å². The van der Waals surface area contributed by atoms with E-state index < -0.39 is 5.97 Å². The summed E-state index contributed by atoms with van der Waals surface area (Å²) >= 11 is 7.43. The van der Waals surface area contributed by atoms with Crippen LogP contribution in [0.3, 0.4) is 0 Å². The lowest BCUT2D eigenvalue weighted by atomic mass is 10.1. The normalized spacial score (nSPS) is 10.4. The predicted octanol–water partition coefficient (Wildman–Crippen LogP) is 3.91. The molecule has 3 N–H and O–H groups in total. The second-order valence-corrected chi connectivity index (χ2v) is 5.43. The number of thioether (sulfide) groups is 1. The minimum Gasteiger partial charge on any atom is -0.478 e. The molecule has 0 spiro atoms. The van der Waals surface area contributed by atoms with Crippen LogP contribution in [0.2, 0.25) is 5.02 Å². The van der Waals surface area contributed by atoms with Crippen LogP contribution in [0, 0.1) is 0 Å². The number of nitrogens with two attached hydrogens (primary N) is 1. The summed E-state index contributed by atoms with van der Waals surface area (Å²) in [5.74, 6) is -0.188. The fraction of sp³-hybridized carbons (Fsp3) is 0.0714. The largest absolute Gasteiger partial charge is 0.478 e. The summed E-state index contributed by atoms with van der Waals surface area (Å²) in [6.07, 6.45) is 0. The number of benzene rings is 2. The maximum Gasteiger partial charge on any atom is 0.335 e. The maximum absolute atomic E-state index is 10.7. The van der Waals surface area contributed by atoms with Crippen molar-refractivity contribution in [3.05, 3.63) is 58.6 Å². The molecule has 2 aromatic carbocycles. The number of hydrogen-bond acceptors (Lipinski definition) is 3. The summed E-state index contributed by atoms with van der Waals surface area (Å²) in [5, 5.41) is 9.43. The van der Waals surface area contributed by atoms with Gasteiger partial charge in [0.15, 0.2) is 0 Å². The Balaban J connectivity index is 2.04. The second-order valence-electron chi connectivity index (χ2n) is 3.97. The van der Waals surface area contributed by atoms with Crippen LogP contribution in [-0.4, -0.2) is 11.1 Å². The first kappa shape index (κ1) is 13.8. The molecule has 0 bridgehead atoms. The summed E-state index contributed by atoms with van der Waals surface area (Å²) in [5.41, 5.74) is 7.86. The monoisotopic (exact) mass is 293 g/mol. The summed E-state index contributed by atoms with van der Waals surface area (Å²) in [7, 11) is 0. The third-order valence-corrected chi connectivity index (χ3v) is 3.96. The summed E-state index contributed by atoms with van der Waals surface area (Å²) in [4.78, 5) is 11.7. The number of hydrogen-bond donors (Lipinski definition) is 2. The van der Waals surface area contributed by atoms with E-state index in [1.807, 2.05) is 18.2 Å². The molecule has 0 aliphatic heterocycles. The first-order valence-corrected chi connectivity index (χ1v) is 6.92. The van der Waals surface area contributed by atoms with Gasteiger partial charge in [-0.2, -0.15) is 0 Å². The highest BCUT2D eigenvalue weighted by molar-refractivity contribution is 7.98. The van der Waals surface area contributed by atoms with Crippen molar-refractivity contribution in [3.63, 3.8) is 0 Å². The number of carboxylic acids is 1. The van der Waals surface area contributed by atoms with Crippen LogP contribution in [-0.2, 0) is 5.75 Å². The number of nitrogen functional groups attached to an aromatic ring is 1. The average Bonchev–Trinajstić information content (AvgIpc) is 2.38. The fourth-order valence-electron chi connectivity index (χ4n) is 1.56. The lowest BCUT2D eigenvalue weighted by molar-refractivity contribution is 0.0697. The van der Waals surface area contributed by atoms with E-state index in [1.165, 1.54) is 0 Å². The molecule has 0 saturated carbocycles. The quantitative estimate of drug-likeness (QED) is 0.662. The highest BCUT2D eigenvalue weighted by atomic mass is 35.5. The van der Waals surface area contributed by atoms with E-state index in [9.17, 15) is 4.79 Å². The molecule has 0 fully saturated rings. The second kappa shape index (κ2) is 5.99. The number of rotatable bonds is 4. The Bertz CT molecular complexity index is 599. The molecule has 0 radical (unpaired) electrons. The van der Waals surface area contributed by atoms with E-state index in [1.54, 1.807) is 36.0 Å². The van der Waals surface area contributed by atoms with Gasteiger partial charge in [0.1, 0.15) is 0 Å². The van der Waals surface area contributed by atoms with Crippen LogP contribution >= 0.6 is 23.4 Å². The molecule has 3 nitrogen and oxygen atoms in total. The Morgan fingerprint density at radius 2 is 1.89 bits per heavy atom. The van der Waals surface area contributed by atoms with Crippen molar-refractivity contribution < 1.29 is 9.90 Å². The Morgan fingerprint density at radius 3 is 2.47 bits per heavy atom. The third kappa shape index (κ3) is 3.66. The van der Waals surface area contributed by atoms with Gasteiger partial charge in [-0.3, -0.25) is 0 Å². The maximum atomic E-state index is 10.7. The average molecular weight is 294 g/mol. The van der Waals surface area contributed by atoms with E-state index >= 15 is 0 Å². The zero-order valence-corrected chi connectivity index (χ0v) is 11.5. The molecule has 19 heavy (non-hydrogen) atoms. The Labute approximate surface area is 120 Å². The molecule has 2 rings (SSSR count). The van der Waals surface area contributed by atoms with Crippen LogP contribution in [0.5, 0.6) is 0 Å². The number of halogens is 1. The highest BCUT2D eigenvalue weighted by Crippen LogP contribution is 2.30. The minimum atomic E-state index is -0.916. The zero-order valence-electron chi connectivity index (χ0n) is 9.97. The SMILES string of the molecule is Nc1cc(Cl)ccc1SCc1ccc(C(=O)O)cc1. The fourth-order valence-corrected chi connectivity index (χ4v) is 2.64. The van der Waals surface area contributed by atoms with Crippen molar-refractivity contribution in [1.29, 1.82) is 0 Å². The summed E-state index contributed by atoms with van der Waals surface area (Å²) in [6, 6.07) is 12.2. The van der Waals surface area contributed by atoms with Gasteiger partial charge in [0.05, 0.1) is 5.56 Å². The van der Waals surface area contributed by atoms with Crippen molar-refractivity contribution in [2.75, 3.05) is 5.73 Å². The molecule has 0 saturated heterocycles. The molecule has 5 heteroatoms. The van der Waals surface area contributed by atoms with E-state index in [0.717, 1.165) is 16.2 Å². The van der Waals surface area contributed by atoms with E-state index in [2.05, 4.69) is 0 Å². The van der Waals surface area contributed by atoms with E-state index in [-0.39, 0.29) is 0 Å². The number of aromatic carboxylic acids is 1. The third-order valence-electron chi connectivity index (χ3n) is 2.57. The Kier molecular flexibility index (Phi) is 4.35. The van der Waals surface area contributed by atoms with Crippen LogP contribution < -0.4 is 5.73 Å². The van der Waals surface area contributed by atoms with Gasteiger partial charge in [0.25, 0.3) is 0 Å². The molecule has 0 amide bonds. The molecule has 0 aliphatic rings. The van der Waals surface area contributed by atoms with Crippen molar-refractivity contribution >= 4 is 35.0 Å². The van der Waals surface area contributed by atoms with Crippen LogP contribution in [0.4, 0.5) is 5.69 Å². The van der Waals surface area contributed by atoms with E-state index in [4.69, 9.17) is 22.4 Å². The molecular formula is C14H12ClNO2S. The first-order chi connectivity index (χ1) is 9.06. The molecule has 0 heterocycles.